The first-order valence-corrected chi connectivity index (χ1v) is 8.02. The summed E-state index contributed by atoms with van der Waals surface area (Å²) in [7, 11) is -2.13. The summed E-state index contributed by atoms with van der Waals surface area (Å²) in [4.78, 5) is 14.2. The van der Waals surface area contributed by atoms with Crippen molar-refractivity contribution in [1.29, 1.82) is 0 Å². The fraction of sp³-hybridized carbons (Fsp3) is 0.615. The van der Waals surface area contributed by atoms with Gasteiger partial charge in [-0.1, -0.05) is 19.8 Å². The van der Waals surface area contributed by atoms with Crippen molar-refractivity contribution in [3.05, 3.63) is 28.7 Å². The molecule has 1 N–H and O–H groups in total. The molecule has 0 saturated heterocycles. The molecule has 2 atom stereocenters. The molecular formula is C13H20N2O3S. The van der Waals surface area contributed by atoms with Gasteiger partial charge in [0.1, 0.15) is 4.90 Å². The lowest BCUT2D eigenvalue weighted by atomic mass is 9.87. The molecule has 1 aliphatic carbocycles. The number of aromatic amines is 1. The van der Waals surface area contributed by atoms with Crippen molar-refractivity contribution in [3.63, 3.8) is 0 Å². The number of hydrogen-bond donors (Lipinski definition) is 1. The van der Waals surface area contributed by atoms with Gasteiger partial charge in [-0.2, -0.15) is 4.31 Å². The maximum absolute atomic E-state index is 12.5. The van der Waals surface area contributed by atoms with E-state index in [2.05, 4.69) is 11.9 Å². The third-order valence-corrected chi connectivity index (χ3v) is 5.80. The van der Waals surface area contributed by atoms with Crippen molar-refractivity contribution in [2.75, 3.05) is 7.05 Å². The molecule has 1 aliphatic rings. The third kappa shape index (κ3) is 2.90. The zero-order chi connectivity index (χ0) is 14.0. The lowest BCUT2D eigenvalue weighted by Gasteiger charge is -2.33. The van der Waals surface area contributed by atoms with Gasteiger partial charge in [0.25, 0.3) is 0 Å². The number of sulfonamides is 1. The van der Waals surface area contributed by atoms with Crippen LogP contribution in [0.1, 0.15) is 32.6 Å². The molecule has 0 spiro atoms. The summed E-state index contributed by atoms with van der Waals surface area (Å²) in [5, 5.41) is 0. The van der Waals surface area contributed by atoms with Crippen LogP contribution in [0.4, 0.5) is 0 Å². The molecule has 6 heteroatoms. The highest BCUT2D eigenvalue weighted by atomic mass is 32.2. The van der Waals surface area contributed by atoms with Crippen molar-refractivity contribution >= 4 is 10.0 Å². The lowest BCUT2D eigenvalue weighted by Crippen LogP contribution is -2.41. The van der Waals surface area contributed by atoms with Crippen molar-refractivity contribution in [2.24, 2.45) is 5.92 Å². The van der Waals surface area contributed by atoms with E-state index in [1.807, 2.05) is 0 Å². The average Bonchev–Trinajstić information content (AvgIpc) is 2.38. The Balaban J connectivity index is 2.29. The predicted molar refractivity (Wildman–Crippen MR) is 73.4 cm³/mol. The van der Waals surface area contributed by atoms with Crippen LogP contribution in [0.25, 0.3) is 0 Å². The quantitative estimate of drug-likeness (QED) is 0.916. The number of nitrogens with one attached hydrogen (secondary N) is 1. The summed E-state index contributed by atoms with van der Waals surface area (Å²) < 4.78 is 26.3. The van der Waals surface area contributed by atoms with E-state index >= 15 is 0 Å². The van der Waals surface area contributed by atoms with Crippen molar-refractivity contribution in [1.82, 2.24) is 9.29 Å². The van der Waals surface area contributed by atoms with Gasteiger partial charge in [-0.05, 0) is 18.8 Å². The van der Waals surface area contributed by atoms with Crippen LogP contribution in [0.5, 0.6) is 0 Å². The van der Waals surface area contributed by atoms with Gasteiger partial charge in [0, 0.05) is 31.5 Å². The summed E-state index contributed by atoms with van der Waals surface area (Å²) in [6, 6.07) is 1.23. The number of aromatic nitrogens is 1. The van der Waals surface area contributed by atoms with Gasteiger partial charge >= 0.3 is 0 Å². The largest absolute Gasteiger partial charge is 0.366 e. The highest BCUT2D eigenvalue weighted by Crippen LogP contribution is 2.29. The van der Waals surface area contributed by atoms with Crippen LogP contribution in [-0.4, -0.2) is 30.8 Å². The topological polar surface area (TPSA) is 70.2 Å². The average molecular weight is 284 g/mol. The molecule has 19 heavy (non-hydrogen) atoms. The number of rotatable bonds is 3. The van der Waals surface area contributed by atoms with Crippen LogP contribution in [0.3, 0.4) is 0 Å². The van der Waals surface area contributed by atoms with Gasteiger partial charge in [-0.3, -0.25) is 4.79 Å². The molecule has 0 bridgehead atoms. The highest BCUT2D eigenvalue weighted by molar-refractivity contribution is 7.89. The van der Waals surface area contributed by atoms with Gasteiger partial charge in [0.2, 0.25) is 15.5 Å². The Morgan fingerprint density at radius 3 is 2.74 bits per heavy atom. The standard InChI is InChI=1S/C13H20N2O3S/c1-10-4-3-5-11(8-10)15(2)19(17,18)13-9-14-7-6-12(13)16/h6-7,9-11H,3-5,8H2,1-2H3,(H,14,16). The van der Waals surface area contributed by atoms with Crippen molar-refractivity contribution < 1.29 is 8.42 Å². The van der Waals surface area contributed by atoms with Crippen molar-refractivity contribution in [3.8, 4) is 0 Å². The molecule has 1 aromatic heterocycles. The Kier molecular flexibility index (Phi) is 4.10. The molecule has 1 aromatic rings. The van der Waals surface area contributed by atoms with Gasteiger partial charge < -0.3 is 4.98 Å². The molecule has 1 heterocycles. The summed E-state index contributed by atoms with van der Waals surface area (Å²) in [6.07, 6.45) is 6.61. The van der Waals surface area contributed by atoms with E-state index in [9.17, 15) is 13.2 Å². The third-order valence-electron chi connectivity index (χ3n) is 3.87. The Hall–Kier alpha value is -1.14. The van der Waals surface area contributed by atoms with Crippen LogP contribution < -0.4 is 5.43 Å². The first kappa shape index (κ1) is 14.3. The van der Waals surface area contributed by atoms with Gasteiger partial charge in [-0.15, -0.1) is 0 Å². The molecule has 1 saturated carbocycles. The molecule has 106 valence electrons. The van der Waals surface area contributed by atoms with Gasteiger partial charge in [0.15, 0.2) is 0 Å². The highest BCUT2D eigenvalue weighted by Gasteiger charge is 2.32. The fourth-order valence-electron chi connectivity index (χ4n) is 2.69. The van der Waals surface area contributed by atoms with Crippen LogP contribution in [0, 0.1) is 5.92 Å². The van der Waals surface area contributed by atoms with Crippen LogP contribution in [0.15, 0.2) is 28.2 Å². The molecule has 0 radical (unpaired) electrons. The molecule has 0 amide bonds. The predicted octanol–water partition coefficient (Wildman–Crippen LogP) is 1.57. The van der Waals surface area contributed by atoms with E-state index in [4.69, 9.17) is 0 Å². The van der Waals surface area contributed by atoms with E-state index in [0.717, 1.165) is 25.7 Å². The summed E-state index contributed by atoms with van der Waals surface area (Å²) in [5.41, 5.74) is -0.463. The van der Waals surface area contributed by atoms with Gasteiger partial charge in [-0.25, -0.2) is 8.42 Å². The fourth-order valence-corrected chi connectivity index (χ4v) is 4.12. The Labute approximate surface area is 113 Å². The minimum atomic E-state index is -3.70. The van der Waals surface area contributed by atoms with Crippen LogP contribution in [-0.2, 0) is 10.0 Å². The first-order valence-electron chi connectivity index (χ1n) is 6.58. The number of hydrogen-bond acceptors (Lipinski definition) is 3. The number of pyridine rings is 1. The molecule has 5 nitrogen and oxygen atoms in total. The summed E-state index contributed by atoms with van der Waals surface area (Å²) >= 11 is 0. The van der Waals surface area contributed by atoms with E-state index in [1.165, 1.54) is 22.8 Å². The second-order valence-corrected chi connectivity index (χ2v) is 7.29. The molecule has 2 unspecified atom stereocenters. The lowest BCUT2D eigenvalue weighted by molar-refractivity contribution is 0.239. The van der Waals surface area contributed by atoms with Crippen LogP contribution >= 0.6 is 0 Å². The maximum Gasteiger partial charge on any atom is 0.248 e. The zero-order valence-corrected chi connectivity index (χ0v) is 12.1. The maximum atomic E-state index is 12.5. The van der Waals surface area contributed by atoms with Gasteiger partial charge in [0.05, 0.1) is 0 Å². The smallest absolute Gasteiger partial charge is 0.248 e. The number of nitrogens with zero attached hydrogens (tertiary/aromatic N) is 1. The van der Waals surface area contributed by atoms with Crippen molar-refractivity contribution in [2.45, 2.75) is 43.5 Å². The molecule has 1 fully saturated rings. The van der Waals surface area contributed by atoms with E-state index in [-0.39, 0.29) is 10.9 Å². The van der Waals surface area contributed by atoms with Crippen LogP contribution in [0.2, 0.25) is 0 Å². The Morgan fingerprint density at radius 2 is 2.11 bits per heavy atom. The summed E-state index contributed by atoms with van der Waals surface area (Å²) in [5.74, 6) is 0.533. The Bertz CT molecular complexity index is 594. The SMILES string of the molecule is CC1CCCC(N(C)S(=O)(=O)c2c[nH]ccc2=O)C1. The van der Waals surface area contributed by atoms with E-state index < -0.39 is 15.5 Å². The first-order chi connectivity index (χ1) is 8.93. The number of H-pyrrole nitrogens is 1. The zero-order valence-electron chi connectivity index (χ0n) is 11.3. The van der Waals surface area contributed by atoms with E-state index in [1.54, 1.807) is 7.05 Å². The second-order valence-electron chi connectivity index (χ2n) is 5.32. The monoisotopic (exact) mass is 284 g/mol. The summed E-state index contributed by atoms with van der Waals surface area (Å²) in [6.45, 7) is 2.14. The Morgan fingerprint density at radius 1 is 1.37 bits per heavy atom. The molecule has 2 rings (SSSR count). The minimum Gasteiger partial charge on any atom is -0.366 e. The molecule has 0 aliphatic heterocycles. The molecular weight excluding hydrogens is 264 g/mol. The minimum absolute atomic E-state index is 0.00615. The molecule has 0 aromatic carbocycles. The normalized spacial score (nSPS) is 24.6. The van der Waals surface area contributed by atoms with E-state index in [0.29, 0.717) is 5.92 Å². The second kappa shape index (κ2) is 5.46.